The molecule has 0 amide bonds. The fraction of sp³-hybridized carbons (Fsp3) is 0.867. The number of carbonyl (C=O) groups is 2. The predicted octanol–water partition coefficient (Wildman–Crippen LogP) is 3.26. The van der Waals surface area contributed by atoms with Crippen molar-refractivity contribution in [2.45, 2.75) is 53.4 Å². The van der Waals surface area contributed by atoms with Crippen LogP contribution in [-0.4, -0.2) is 22.2 Å². The van der Waals surface area contributed by atoms with E-state index in [0.29, 0.717) is 17.8 Å². The molecule has 2 N–H and O–H groups in total. The highest BCUT2D eigenvalue weighted by atomic mass is 16.4. The van der Waals surface area contributed by atoms with Gasteiger partial charge in [0, 0.05) is 0 Å². The lowest BCUT2D eigenvalue weighted by Crippen LogP contribution is -2.45. The van der Waals surface area contributed by atoms with Crippen molar-refractivity contribution in [2.75, 3.05) is 0 Å². The van der Waals surface area contributed by atoms with E-state index < -0.39 is 17.4 Å². The molecular formula is C15H26O4. The van der Waals surface area contributed by atoms with Crippen LogP contribution in [0.4, 0.5) is 0 Å². The lowest BCUT2D eigenvalue weighted by Gasteiger charge is -2.45. The fourth-order valence-corrected chi connectivity index (χ4v) is 3.61. The smallest absolute Gasteiger partial charge is 0.310 e. The van der Waals surface area contributed by atoms with Gasteiger partial charge in [-0.05, 0) is 43.4 Å². The standard InChI is InChI=1S/C15H26O4/c1-9(2)11-6-5-10(3)7-12(11)15(4,14(18)19)8-13(16)17/h9-12H,5-8H2,1-4H3,(H,16,17)(H,18,19). The second-order valence-corrected chi connectivity index (χ2v) is 6.73. The van der Waals surface area contributed by atoms with Crippen LogP contribution >= 0.6 is 0 Å². The molecule has 4 nitrogen and oxygen atoms in total. The zero-order valence-corrected chi connectivity index (χ0v) is 12.3. The molecule has 0 aromatic rings. The van der Waals surface area contributed by atoms with E-state index in [2.05, 4.69) is 20.8 Å². The van der Waals surface area contributed by atoms with Gasteiger partial charge in [-0.2, -0.15) is 0 Å². The SMILES string of the molecule is CC1CCC(C(C)C)C(C(C)(CC(=O)O)C(=O)O)C1. The number of hydrogen-bond acceptors (Lipinski definition) is 2. The molecule has 110 valence electrons. The van der Waals surface area contributed by atoms with E-state index in [9.17, 15) is 14.7 Å². The molecule has 0 heterocycles. The third kappa shape index (κ3) is 3.48. The fourth-order valence-electron chi connectivity index (χ4n) is 3.61. The van der Waals surface area contributed by atoms with Gasteiger partial charge in [-0.3, -0.25) is 9.59 Å². The van der Waals surface area contributed by atoms with Crippen LogP contribution in [0.3, 0.4) is 0 Å². The van der Waals surface area contributed by atoms with Crippen molar-refractivity contribution in [3.05, 3.63) is 0 Å². The molecule has 1 aliphatic rings. The Hall–Kier alpha value is -1.06. The van der Waals surface area contributed by atoms with Crippen molar-refractivity contribution in [1.29, 1.82) is 0 Å². The van der Waals surface area contributed by atoms with Gasteiger partial charge in [-0.15, -0.1) is 0 Å². The molecule has 19 heavy (non-hydrogen) atoms. The molecule has 0 saturated heterocycles. The summed E-state index contributed by atoms with van der Waals surface area (Å²) in [6.45, 7) is 7.96. The Morgan fingerprint density at radius 3 is 2.26 bits per heavy atom. The minimum Gasteiger partial charge on any atom is -0.481 e. The number of rotatable bonds is 5. The molecule has 0 aromatic heterocycles. The molecule has 0 aromatic carbocycles. The van der Waals surface area contributed by atoms with E-state index in [1.165, 1.54) is 0 Å². The Balaban J connectivity index is 3.08. The first-order valence-electron chi connectivity index (χ1n) is 7.13. The molecule has 0 spiro atoms. The number of carboxylic acids is 2. The van der Waals surface area contributed by atoms with Crippen molar-refractivity contribution in [2.24, 2.45) is 29.1 Å². The number of aliphatic carboxylic acids is 2. The molecule has 4 unspecified atom stereocenters. The monoisotopic (exact) mass is 270 g/mol. The van der Waals surface area contributed by atoms with Gasteiger partial charge in [-0.25, -0.2) is 0 Å². The zero-order chi connectivity index (χ0) is 14.8. The minimum atomic E-state index is -1.16. The maximum Gasteiger partial charge on any atom is 0.310 e. The summed E-state index contributed by atoms with van der Waals surface area (Å²) >= 11 is 0. The average molecular weight is 270 g/mol. The summed E-state index contributed by atoms with van der Waals surface area (Å²) in [6.07, 6.45) is 2.65. The van der Waals surface area contributed by atoms with Crippen molar-refractivity contribution < 1.29 is 19.8 Å². The quantitative estimate of drug-likeness (QED) is 0.804. The van der Waals surface area contributed by atoms with Gasteiger partial charge in [0.15, 0.2) is 0 Å². The number of hydrogen-bond donors (Lipinski definition) is 2. The van der Waals surface area contributed by atoms with E-state index in [4.69, 9.17) is 5.11 Å². The van der Waals surface area contributed by atoms with Crippen LogP contribution < -0.4 is 0 Å². The summed E-state index contributed by atoms with van der Waals surface area (Å²) < 4.78 is 0. The average Bonchev–Trinajstić information content (AvgIpc) is 2.27. The third-order valence-electron chi connectivity index (χ3n) is 4.85. The highest BCUT2D eigenvalue weighted by Gasteiger charge is 2.48. The van der Waals surface area contributed by atoms with Crippen molar-refractivity contribution in [3.8, 4) is 0 Å². The zero-order valence-electron chi connectivity index (χ0n) is 12.3. The Labute approximate surface area is 115 Å². The molecular weight excluding hydrogens is 244 g/mol. The highest BCUT2D eigenvalue weighted by molar-refractivity contribution is 5.81. The van der Waals surface area contributed by atoms with Crippen LogP contribution in [-0.2, 0) is 9.59 Å². The largest absolute Gasteiger partial charge is 0.481 e. The highest BCUT2D eigenvalue weighted by Crippen LogP contribution is 2.48. The third-order valence-corrected chi connectivity index (χ3v) is 4.85. The summed E-state index contributed by atoms with van der Waals surface area (Å²) in [7, 11) is 0. The van der Waals surface area contributed by atoms with Crippen LogP contribution in [0.2, 0.25) is 0 Å². The summed E-state index contributed by atoms with van der Waals surface area (Å²) in [6, 6.07) is 0. The van der Waals surface area contributed by atoms with Gasteiger partial charge in [0.2, 0.25) is 0 Å². The summed E-state index contributed by atoms with van der Waals surface area (Å²) in [5.74, 6) is -0.871. The Kier molecular flexibility index (Phi) is 4.99. The Morgan fingerprint density at radius 1 is 1.26 bits per heavy atom. The molecule has 0 radical (unpaired) electrons. The molecule has 1 aliphatic carbocycles. The minimum absolute atomic E-state index is 0.0511. The van der Waals surface area contributed by atoms with E-state index in [0.717, 1.165) is 19.3 Å². The van der Waals surface area contributed by atoms with Crippen molar-refractivity contribution in [1.82, 2.24) is 0 Å². The van der Waals surface area contributed by atoms with Crippen LogP contribution in [0.25, 0.3) is 0 Å². The number of carboxylic acid groups (broad SMARTS) is 2. The molecule has 0 aliphatic heterocycles. The lowest BCUT2D eigenvalue weighted by molar-refractivity contribution is -0.162. The van der Waals surface area contributed by atoms with E-state index in [1.807, 2.05) is 0 Å². The van der Waals surface area contributed by atoms with E-state index >= 15 is 0 Å². The van der Waals surface area contributed by atoms with Crippen molar-refractivity contribution >= 4 is 11.9 Å². The van der Waals surface area contributed by atoms with Gasteiger partial charge in [-0.1, -0.05) is 27.2 Å². The van der Waals surface area contributed by atoms with Gasteiger partial charge < -0.3 is 10.2 Å². The Morgan fingerprint density at radius 2 is 1.84 bits per heavy atom. The Bertz CT molecular complexity index is 350. The van der Waals surface area contributed by atoms with Gasteiger partial charge >= 0.3 is 11.9 Å². The maximum atomic E-state index is 11.7. The second-order valence-electron chi connectivity index (χ2n) is 6.73. The normalized spacial score (nSPS) is 30.9. The predicted molar refractivity (Wildman–Crippen MR) is 72.8 cm³/mol. The van der Waals surface area contributed by atoms with Gasteiger partial charge in [0.25, 0.3) is 0 Å². The van der Waals surface area contributed by atoms with Crippen LogP contribution in [0.15, 0.2) is 0 Å². The summed E-state index contributed by atoms with van der Waals surface area (Å²) in [5, 5.41) is 18.6. The van der Waals surface area contributed by atoms with Crippen LogP contribution in [0, 0.1) is 29.1 Å². The van der Waals surface area contributed by atoms with Crippen LogP contribution in [0.5, 0.6) is 0 Å². The van der Waals surface area contributed by atoms with Gasteiger partial charge in [0.1, 0.15) is 0 Å². The van der Waals surface area contributed by atoms with E-state index in [-0.39, 0.29) is 12.3 Å². The van der Waals surface area contributed by atoms with Crippen molar-refractivity contribution in [3.63, 3.8) is 0 Å². The molecule has 4 heteroatoms. The lowest BCUT2D eigenvalue weighted by atomic mass is 9.59. The molecule has 1 fully saturated rings. The first kappa shape index (κ1) is 16.0. The van der Waals surface area contributed by atoms with E-state index in [1.54, 1.807) is 6.92 Å². The second kappa shape index (κ2) is 5.93. The topological polar surface area (TPSA) is 74.6 Å². The maximum absolute atomic E-state index is 11.7. The molecule has 1 saturated carbocycles. The summed E-state index contributed by atoms with van der Waals surface area (Å²) in [4.78, 5) is 22.7. The molecule has 1 rings (SSSR count). The molecule has 0 bridgehead atoms. The summed E-state index contributed by atoms with van der Waals surface area (Å²) in [5.41, 5.74) is -1.16. The first-order chi connectivity index (χ1) is 8.68. The molecule has 4 atom stereocenters. The van der Waals surface area contributed by atoms with Gasteiger partial charge in [0.05, 0.1) is 11.8 Å². The first-order valence-corrected chi connectivity index (χ1v) is 7.13. The van der Waals surface area contributed by atoms with Crippen LogP contribution in [0.1, 0.15) is 53.4 Å².